The maximum Gasteiger partial charge on any atom is 0.367 e. The van der Waals surface area contributed by atoms with Crippen molar-refractivity contribution >= 4 is 23.2 Å². The number of aromatic nitrogens is 3. The van der Waals surface area contributed by atoms with Gasteiger partial charge in [-0.15, -0.1) is 11.3 Å². The molecule has 2 aromatic rings. The fourth-order valence-corrected chi connectivity index (χ4v) is 2.34. The Bertz CT molecular complexity index is 662. The van der Waals surface area contributed by atoms with Gasteiger partial charge in [0, 0.05) is 30.2 Å². The Morgan fingerprint density at radius 3 is 2.86 bits per heavy atom. The molecular weight excluding hydrogens is 292 g/mol. The number of rotatable bonds is 5. The van der Waals surface area contributed by atoms with E-state index in [1.54, 1.807) is 17.8 Å². The van der Waals surface area contributed by atoms with Crippen molar-refractivity contribution in [3.05, 3.63) is 33.5 Å². The van der Waals surface area contributed by atoms with Crippen LogP contribution in [0.15, 0.2) is 11.6 Å². The Balaban J connectivity index is 1.98. The number of hydrogen-bond acceptors (Lipinski definition) is 6. The molecule has 0 fully saturated rings. The van der Waals surface area contributed by atoms with Gasteiger partial charge < -0.3 is 10.1 Å². The largest absolute Gasteiger partial charge is 0.461 e. The molecule has 8 heteroatoms. The highest BCUT2D eigenvalue weighted by Gasteiger charge is 2.16. The summed E-state index contributed by atoms with van der Waals surface area (Å²) in [6.07, 6.45) is 1.71. The van der Waals surface area contributed by atoms with E-state index in [-0.39, 0.29) is 23.2 Å². The van der Waals surface area contributed by atoms with Crippen molar-refractivity contribution in [2.45, 2.75) is 20.4 Å². The van der Waals surface area contributed by atoms with Gasteiger partial charge in [-0.1, -0.05) is 0 Å². The molecule has 0 aliphatic heterocycles. The van der Waals surface area contributed by atoms with Crippen molar-refractivity contribution in [1.82, 2.24) is 20.1 Å². The average Bonchev–Trinajstić information content (AvgIpc) is 3.06. The summed E-state index contributed by atoms with van der Waals surface area (Å²) in [6.45, 7) is 4.29. The average molecular weight is 308 g/mol. The molecule has 112 valence electrons. The number of aryl methyl sites for hydroxylation is 1. The highest BCUT2D eigenvalue weighted by molar-refractivity contribution is 7.11. The number of hydrogen-bond donors (Lipinski definition) is 1. The number of carbonyl (C=O) groups excluding carboxylic acids is 2. The van der Waals surface area contributed by atoms with Gasteiger partial charge in [-0.3, -0.25) is 9.48 Å². The Morgan fingerprint density at radius 2 is 2.24 bits per heavy atom. The van der Waals surface area contributed by atoms with Crippen LogP contribution in [0.5, 0.6) is 0 Å². The zero-order valence-corrected chi connectivity index (χ0v) is 12.9. The summed E-state index contributed by atoms with van der Waals surface area (Å²) in [6, 6.07) is 0. The lowest BCUT2D eigenvalue weighted by Crippen LogP contribution is -2.23. The molecule has 0 aliphatic carbocycles. The first-order chi connectivity index (χ1) is 10.0. The minimum absolute atomic E-state index is 0.180. The first-order valence-electron chi connectivity index (χ1n) is 6.41. The molecule has 2 heterocycles. The van der Waals surface area contributed by atoms with Crippen molar-refractivity contribution in [2.24, 2.45) is 7.05 Å². The van der Waals surface area contributed by atoms with Gasteiger partial charge in [0.1, 0.15) is 5.69 Å². The van der Waals surface area contributed by atoms with Crippen LogP contribution >= 0.6 is 11.3 Å². The summed E-state index contributed by atoms with van der Waals surface area (Å²) in [5.74, 6) is -0.838. The van der Waals surface area contributed by atoms with E-state index in [0.717, 1.165) is 22.6 Å². The van der Waals surface area contributed by atoms with Gasteiger partial charge in [0.2, 0.25) is 5.01 Å². The molecule has 0 saturated heterocycles. The van der Waals surface area contributed by atoms with E-state index in [9.17, 15) is 9.59 Å². The lowest BCUT2D eigenvalue weighted by Gasteiger charge is -2.02. The Kier molecular flexibility index (Phi) is 4.69. The molecule has 2 rings (SSSR count). The third kappa shape index (κ3) is 3.46. The van der Waals surface area contributed by atoms with E-state index in [4.69, 9.17) is 4.74 Å². The summed E-state index contributed by atoms with van der Waals surface area (Å²) in [7, 11) is 1.84. The van der Waals surface area contributed by atoms with Crippen LogP contribution in [0.1, 0.15) is 38.5 Å². The molecular formula is C13H16N4O3S. The fourth-order valence-electron chi connectivity index (χ4n) is 1.65. The standard InChI is InChI=1S/C13H16N4O3S/c1-4-20-13(19)12-16-10(7-21-12)11(18)14-5-9-6-15-17(3)8(9)2/h6-7H,4-5H2,1-3H3,(H,14,18). The van der Waals surface area contributed by atoms with Crippen LogP contribution in [-0.4, -0.2) is 33.2 Å². The first-order valence-corrected chi connectivity index (χ1v) is 7.29. The van der Waals surface area contributed by atoms with Crippen LogP contribution in [-0.2, 0) is 18.3 Å². The second-order valence-corrected chi connectivity index (χ2v) is 5.18. The third-order valence-electron chi connectivity index (χ3n) is 2.96. The van der Waals surface area contributed by atoms with Crippen molar-refractivity contribution in [3.8, 4) is 0 Å². The predicted octanol–water partition coefficient (Wildman–Crippen LogP) is 1.29. The van der Waals surface area contributed by atoms with Gasteiger partial charge in [-0.05, 0) is 13.8 Å². The quantitative estimate of drug-likeness (QED) is 0.841. The molecule has 0 aromatic carbocycles. The number of carbonyl (C=O) groups is 2. The zero-order valence-electron chi connectivity index (χ0n) is 12.0. The summed E-state index contributed by atoms with van der Waals surface area (Å²) in [4.78, 5) is 27.5. The zero-order chi connectivity index (χ0) is 15.4. The van der Waals surface area contributed by atoms with Crippen molar-refractivity contribution in [2.75, 3.05) is 6.61 Å². The second-order valence-electron chi connectivity index (χ2n) is 4.32. The number of ether oxygens (including phenoxy) is 1. The van der Waals surface area contributed by atoms with E-state index >= 15 is 0 Å². The molecule has 0 aliphatic rings. The van der Waals surface area contributed by atoms with E-state index in [0.29, 0.717) is 6.54 Å². The molecule has 0 spiro atoms. The molecule has 0 bridgehead atoms. The second kappa shape index (κ2) is 6.49. The van der Waals surface area contributed by atoms with Crippen molar-refractivity contribution in [1.29, 1.82) is 0 Å². The van der Waals surface area contributed by atoms with Gasteiger partial charge >= 0.3 is 5.97 Å². The minimum Gasteiger partial charge on any atom is -0.461 e. The third-order valence-corrected chi connectivity index (χ3v) is 3.79. The summed E-state index contributed by atoms with van der Waals surface area (Å²) in [5, 5.41) is 8.58. The lowest BCUT2D eigenvalue weighted by atomic mass is 10.2. The van der Waals surface area contributed by atoms with E-state index in [2.05, 4.69) is 15.4 Å². The van der Waals surface area contributed by atoms with Crippen LogP contribution in [0.3, 0.4) is 0 Å². The van der Waals surface area contributed by atoms with Gasteiger partial charge in [-0.2, -0.15) is 5.10 Å². The van der Waals surface area contributed by atoms with Gasteiger partial charge in [0.15, 0.2) is 0 Å². The van der Waals surface area contributed by atoms with E-state index in [1.807, 2.05) is 14.0 Å². The fraction of sp³-hybridized carbons (Fsp3) is 0.385. The number of thiazole rings is 1. The molecule has 0 saturated carbocycles. The molecule has 7 nitrogen and oxygen atoms in total. The smallest absolute Gasteiger partial charge is 0.367 e. The highest BCUT2D eigenvalue weighted by Crippen LogP contribution is 2.12. The van der Waals surface area contributed by atoms with Gasteiger partial charge in [0.05, 0.1) is 12.8 Å². The number of amides is 1. The molecule has 21 heavy (non-hydrogen) atoms. The maximum atomic E-state index is 12.0. The molecule has 0 radical (unpaired) electrons. The van der Waals surface area contributed by atoms with Crippen LogP contribution in [0, 0.1) is 6.92 Å². The normalized spacial score (nSPS) is 10.4. The van der Waals surface area contributed by atoms with Crippen molar-refractivity contribution in [3.63, 3.8) is 0 Å². The van der Waals surface area contributed by atoms with Gasteiger partial charge in [-0.25, -0.2) is 9.78 Å². The molecule has 2 aromatic heterocycles. The van der Waals surface area contributed by atoms with Crippen LogP contribution < -0.4 is 5.32 Å². The van der Waals surface area contributed by atoms with Crippen molar-refractivity contribution < 1.29 is 14.3 Å². The monoisotopic (exact) mass is 308 g/mol. The number of nitrogens with zero attached hydrogens (tertiary/aromatic N) is 3. The molecule has 1 amide bonds. The van der Waals surface area contributed by atoms with Crippen LogP contribution in [0.4, 0.5) is 0 Å². The van der Waals surface area contributed by atoms with Crippen LogP contribution in [0.25, 0.3) is 0 Å². The van der Waals surface area contributed by atoms with E-state index in [1.165, 1.54) is 5.38 Å². The topological polar surface area (TPSA) is 86.1 Å². The predicted molar refractivity (Wildman–Crippen MR) is 77.2 cm³/mol. The van der Waals surface area contributed by atoms with Crippen LogP contribution in [0.2, 0.25) is 0 Å². The van der Waals surface area contributed by atoms with E-state index < -0.39 is 5.97 Å². The molecule has 0 atom stereocenters. The lowest BCUT2D eigenvalue weighted by molar-refractivity contribution is 0.0526. The number of nitrogens with one attached hydrogen (secondary N) is 1. The summed E-state index contributed by atoms with van der Waals surface area (Å²) < 4.78 is 6.57. The SMILES string of the molecule is CCOC(=O)c1nc(C(=O)NCc2cnn(C)c2C)cs1. The van der Waals surface area contributed by atoms with Gasteiger partial charge in [0.25, 0.3) is 5.91 Å². The Hall–Kier alpha value is -2.22. The Morgan fingerprint density at radius 1 is 1.48 bits per heavy atom. The minimum atomic E-state index is -0.510. The molecule has 0 unspecified atom stereocenters. The molecule has 1 N–H and O–H groups in total. The summed E-state index contributed by atoms with van der Waals surface area (Å²) in [5.41, 5.74) is 2.14. The Labute approximate surface area is 125 Å². The summed E-state index contributed by atoms with van der Waals surface area (Å²) >= 11 is 1.09. The highest BCUT2D eigenvalue weighted by atomic mass is 32.1. The maximum absolute atomic E-state index is 12.0. The first kappa shape index (κ1) is 15.2. The number of esters is 1.